The smallest absolute Gasteiger partial charge is 0.416 e. The number of alkyl halides is 3. The molecule has 0 aliphatic carbocycles. The molecule has 0 aliphatic rings. The molecule has 28 heavy (non-hydrogen) atoms. The third-order valence-corrected chi connectivity index (χ3v) is 4.18. The van der Waals surface area contributed by atoms with Crippen molar-refractivity contribution < 1.29 is 27.2 Å². The standard InChI is InChI=1S/C20H17F3N2O3/c1-12(14-4-3-5-15(10-14)20(21,22)23)24-19(26)17-11-18(28-25-17)13-6-8-16(27-2)9-7-13/h3-12H,1-2H3,(H,24,26). The number of hydrogen-bond acceptors (Lipinski definition) is 4. The van der Waals surface area contributed by atoms with Gasteiger partial charge in [-0.1, -0.05) is 17.3 Å². The molecular weight excluding hydrogens is 373 g/mol. The second-order valence-electron chi connectivity index (χ2n) is 6.12. The van der Waals surface area contributed by atoms with Gasteiger partial charge in [-0.25, -0.2) is 0 Å². The molecule has 2 aromatic carbocycles. The Bertz CT molecular complexity index is 965. The van der Waals surface area contributed by atoms with Crippen LogP contribution in [0.1, 0.15) is 34.6 Å². The summed E-state index contributed by atoms with van der Waals surface area (Å²) in [5.74, 6) is 0.518. The number of aromatic nitrogens is 1. The Morgan fingerprint density at radius 3 is 2.50 bits per heavy atom. The molecule has 0 saturated heterocycles. The second-order valence-corrected chi connectivity index (χ2v) is 6.12. The van der Waals surface area contributed by atoms with Crippen molar-refractivity contribution in [2.24, 2.45) is 0 Å². The van der Waals surface area contributed by atoms with E-state index in [1.165, 1.54) is 18.2 Å². The van der Waals surface area contributed by atoms with Gasteiger partial charge in [-0.3, -0.25) is 4.79 Å². The molecule has 3 aromatic rings. The average molecular weight is 390 g/mol. The lowest BCUT2D eigenvalue weighted by atomic mass is 10.0. The van der Waals surface area contributed by atoms with Crippen LogP contribution in [0.5, 0.6) is 5.75 Å². The van der Waals surface area contributed by atoms with Crippen molar-refractivity contribution >= 4 is 5.91 Å². The maximum absolute atomic E-state index is 12.9. The molecule has 0 fully saturated rings. The Balaban J connectivity index is 1.72. The number of nitrogens with one attached hydrogen (secondary N) is 1. The Labute approximate surface area is 159 Å². The highest BCUT2D eigenvalue weighted by atomic mass is 19.4. The monoisotopic (exact) mass is 390 g/mol. The summed E-state index contributed by atoms with van der Waals surface area (Å²) in [6.07, 6.45) is -4.45. The summed E-state index contributed by atoms with van der Waals surface area (Å²) < 4.78 is 48.8. The quantitative estimate of drug-likeness (QED) is 0.676. The molecule has 5 nitrogen and oxygen atoms in total. The first-order valence-electron chi connectivity index (χ1n) is 8.37. The van der Waals surface area contributed by atoms with Gasteiger partial charge < -0.3 is 14.6 Å². The van der Waals surface area contributed by atoms with E-state index in [0.717, 1.165) is 12.1 Å². The predicted octanol–water partition coefficient (Wildman–Crippen LogP) is 4.86. The highest BCUT2D eigenvalue weighted by molar-refractivity contribution is 5.93. The van der Waals surface area contributed by atoms with E-state index in [1.54, 1.807) is 38.3 Å². The van der Waals surface area contributed by atoms with E-state index in [-0.39, 0.29) is 5.69 Å². The average Bonchev–Trinajstić information content (AvgIpc) is 3.18. The summed E-state index contributed by atoms with van der Waals surface area (Å²) in [7, 11) is 1.55. The molecule has 0 aliphatic heterocycles. The van der Waals surface area contributed by atoms with Gasteiger partial charge in [0.05, 0.1) is 18.7 Å². The van der Waals surface area contributed by atoms with E-state index < -0.39 is 23.7 Å². The number of nitrogens with zero attached hydrogens (tertiary/aromatic N) is 1. The van der Waals surface area contributed by atoms with E-state index >= 15 is 0 Å². The zero-order chi connectivity index (χ0) is 20.3. The van der Waals surface area contributed by atoms with Gasteiger partial charge in [0.1, 0.15) is 5.75 Å². The first-order valence-corrected chi connectivity index (χ1v) is 8.37. The fourth-order valence-electron chi connectivity index (χ4n) is 2.61. The Hall–Kier alpha value is -3.29. The van der Waals surface area contributed by atoms with Gasteiger partial charge in [0.2, 0.25) is 0 Å². The topological polar surface area (TPSA) is 64.4 Å². The summed E-state index contributed by atoms with van der Waals surface area (Å²) in [5.41, 5.74) is 0.305. The first-order chi connectivity index (χ1) is 13.3. The van der Waals surface area contributed by atoms with Gasteiger partial charge in [-0.15, -0.1) is 0 Å². The summed E-state index contributed by atoms with van der Waals surface area (Å²) in [6.45, 7) is 1.60. The Morgan fingerprint density at radius 1 is 1.14 bits per heavy atom. The van der Waals surface area contributed by atoms with Crippen LogP contribution in [-0.2, 0) is 6.18 Å². The van der Waals surface area contributed by atoms with E-state index in [2.05, 4.69) is 10.5 Å². The predicted molar refractivity (Wildman–Crippen MR) is 95.8 cm³/mol. The molecule has 1 atom stereocenters. The highest BCUT2D eigenvalue weighted by Crippen LogP contribution is 2.31. The zero-order valence-corrected chi connectivity index (χ0v) is 15.1. The Morgan fingerprint density at radius 2 is 1.86 bits per heavy atom. The highest BCUT2D eigenvalue weighted by Gasteiger charge is 2.30. The number of carbonyl (C=O) groups is 1. The maximum atomic E-state index is 12.9. The molecule has 1 unspecified atom stereocenters. The van der Waals surface area contributed by atoms with Crippen LogP contribution in [0, 0.1) is 0 Å². The molecule has 1 aromatic heterocycles. The summed E-state index contributed by atoms with van der Waals surface area (Å²) in [5, 5.41) is 6.37. The molecule has 1 N–H and O–H groups in total. The number of methoxy groups -OCH3 is 1. The van der Waals surface area contributed by atoms with Crippen molar-refractivity contribution in [3.63, 3.8) is 0 Å². The molecule has 1 amide bonds. The fraction of sp³-hybridized carbons (Fsp3) is 0.200. The lowest BCUT2D eigenvalue weighted by Gasteiger charge is -2.15. The number of rotatable bonds is 5. The van der Waals surface area contributed by atoms with Crippen molar-refractivity contribution in [2.75, 3.05) is 7.11 Å². The fourth-order valence-corrected chi connectivity index (χ4v) is 2.61. The number of halogens is 3. The van der Waals surface area contributed by atoms with E-state index in [1.807, 2.05) is 0 Å². The van der Waals surface area contributed by atoms with Crippen molar-refractivity contribution in [2.45, 2.75) is 19.1 Å². The molecule has 1 heterocycles. The van der Waals surface area contributed by atoms with Crippen molar-refractivity contribution in [1.82, 2.24) is 10.5 Å². The van der Waals surface area contributed by atoms with Crippen LogP contribution in [0.15, 0.2) is 59.1 Å². The van der Waals surface area contributed by atoms with Gasteiger partial charge in [0.25, 0.3) is 5.91 Å². The number of ether oxygens (including phenoxy) is 1. The number of carbonyl (C=O) groups excluding carboxylic acids is 1. The lowest BCUT2D eigenvalue weighted by molar-refractivity contribution is -0.137. The van der Waals surface area contributed by atoms with Crippen LogP contribution in [0.25, 0.3) is 11.3 Å². The molecule has 0 bridgehead atoms. The maximum Gasteiger partial charge on any atom is 0.416 e. The normalized spacial score (nSPS) is 12.5. The molecule has 0 saturated carbocycles. The SMILES string of the molecule is COc1ccc(-c2cc(C(=O)NC(C)c3cccc(C(F)(F)F)c3)no2)cc1. The van der Waals surface area contributed by atoms with Crippen molar-refractivity contribution in [1.29, 1.82) is 0 Å². The van der Waals surface area contributed by atoms with E-state index in [4.69, 9.17) is 9.26 Å². The number of benzene rings is 2. The molecule has 3 rings (SSSR count). The minimum atomic E-state index is -4.45. The zero-order valence-electron chi connectivity index (χ0n) is 15.1. The van der Waals surface area contributed by atoms with Gasteiger partial charge >= 0.3 is 6.18 Å². The van der Waals surface area contributed by atoms with Gasteiger partial charge in [-0.05, 0) is 48.9 Å². The Kier molecular flexibility index (Phi) is 5.39. The molecule has 8 heteroatoms. The summed E-state index contributed by atoms with van der Waals surface area (Å²) in [4.78, 5) is 12.4. The van der Waals surface area contributed by atoms with Crippen LogP contribution >= 0.6 is 0 Å². The number of amides is 1. The second kappa shape index (κ2) is 7.75. The minimum Gasteiger partial charge on any atom is -0.497 e. The molecule has 146 valence electrons. The molecular formula is C20H17F3N2O3. The van der Waals surface area contributed by atoms with Gasteiger partial charge in [0.15, 0.2) is 11.5 Å². The van der Waals surface area contributed by atoms with Crippen molar-refractivity contribution in [3.8, 4) is 17.1 Å². The summed E-state index contributed by atoms with van der Waals surface area (Å²) >= 11 is 0. The van der Waals surface area contributed by atoms with Gasteiger partial charge in [-0.2, -0.15) is 13.2 Å². The van der Waals surface area contributed by atoms with E-state index in [9.17, 15) is 18.0 Å². The molecule has 0 spiro atoms. The van der Waals surface area contributed by atoms with E-state index in [0.29, 0.717) is 22.6 Å². The number of hydrogen-bond donors (Lipinski definition) is 1. The van der Waals surface area contributed by atoms with Crippen LogP contribution in [0.2, 0.25) is 0 Å². The lowest BCUT2D eigenvalue weighted by Crippen LogP contribution is -2.27. The van der Waals surface area contributed by atoms with Crippen molar-refractivity contribution in [3.05, 3.63) is 71.4 Å². The first kappa shape index (κ1) is 19.5. The van der Waals surface area contributed by atoms with Crippen LogP contribution < -0.4 is 10.1 Å². The van der Waals surface area contributed by atoms with Crippen LogP contribution in [-0.4, -0.2) is 18.2 Å². The molecule has 0 radical (unpaired) electrons. The van der Waals surface area contributed by atoms with Crippen LogP contribution in [0.3, 0.4) is 0 Å². The third-order valence-electron chi connectivity index (χ3n) is 4.18. The summed E-state index contributed by atoms with van der Waals surface area (Å²) in [6, 6.07) is 12.6. The largest absolute Gasteiger partial charge is 0.497 e. The third kappa shape index (κ3) is 4.33. The minimum absolute atomic E-state index is 0.0321. The van der Waals surface area contributed by atoms with Crippen LogP contribution in [0.4, 0.5) is 13.2 Å². The van der Waals surface area contributed by atoms with Gasteiger partial charge in [0, 0.05) is 11.6 Å².